The van der Waals surface area contributed by atoms with E-state index in [1.165, 1.54) is 0 Å². The lowest BCUT2D eigenvalue weighted by Gasteiger charge is -2.14. The predicted molar refractivity (Wildman–Crippen MR) is 66.2 cm³/mol. The third kappa shape index (κ3) is 2.14. The highest BCUT2D eigenvalue weighted by Crippen LogP contribution is 2.40. The van der Waals surface area contributed by atoms with E-state index in [-0.39, 0.29) is 18.9 Å². The first-order valence-corrected chi connectivity index (χ1v) is 6.46. The summed E-state index contributed by atoms with van der Waals surface area (Å²) in [5, 5.41) is 12.6. The number of aliphatic hydroxyl groups excluding tert-OH is 1. The van der Waals surface area contributed by atoms with E-state index < -0.39 is 0 Å². The van der Waals surface area contributed by atoms with E-state index in [2.05, 4.69) is 21.2 Å². The maximum Gasteiger partial charge on any atom is 0.231 e. The highest BCUT2D eigenvalue weighted by atomic mass is 79.9. The van der Waals surface area contributed by atoms with Gasteiger partial charge in [0.15, 0.2) is 11.5 Å². The molecule has 2 aliphatic rings. The Balaban J connectivity index is 1.73. The zero-order valence-corrected chi connectivity index (χ0v) is 10.9. The predicted octanol–water partition coefficient (Wildman–Crippen LogP) is 1.79. The van der Waals surface area contributed by atoms with Crippen LogP contribution >= 0.6 is 15.9 Å². The van der Waals surface area contributed by atoms with E-state index in [1.807, 2.05) is 12.1 Å². The Bertz CT molecular complexity index is 446. The van der Waals surface area contributed by atoms with Crippen molar-refractivity contribution in [2.45, 2.75) is 24.9 Å². The molecule has 3 rings (SSSR count). The van der Waals surface area contributed by atoms with Crippen LogP contribution in [0.5, 0.6) is 11.5 Å². The van der Waals surface area contributed by atoms with Crippen molar-refractivity contribution >= 4 is 15.9 Å². The monoisotopic (exact) mass is 299 g/mol. The molecule has 0 aromatic heterocycles. The van der Waals surface area contributed by atoms with Gasteiger partial charge in [-0.05, 0) is 46.5 Å². The van der Waals surface area contributed by atoms with Crippen molar-refractivity contribution < 1.29 is 14.6 Å². The van der Waals surface area contributed by atoms with E-state index >= 15 is 0 Å². The summed E-state index contributed by atoms with van der Waals surface area (Å²) < 4.78 is 11.6. The molecule has 1 fully saturated rings. The second kappa shape index (κ2) is 4.15. The fourth-order valence-electron chi connectivity index (χ4n) is 1.95. The molecule has 0 atom stereocenters. The van der Waals surface area contributed by atoms with Crippen LogP contribution < -0.4 is 14.8 Å². The quantitative estimate of drug-likeness (QED) is 0.890. The molecule has 0 bridgehead atoms. The highest BCUT2D eigenvalue weighted by Gasteiger charge is 2.41. The Morgan fingerprint density at radius 2 is 2.18 bits per heavy atom. The highest BCUT2D eigenvalue weighted by molar-refractivity contribution is 9.10. The standard InChI is InChI=1S/C12H14BrNO3/c13-9-3-8(4-10-11(9)17-7-16-10)5-14-12(6-15)1-2-12/h3-4,14-15H,1-2,5-7H2. The second-order valence-corrected chi connectivity index (χ2v) is 5.46. The van der Waals surface area contributed by atoms with Crippen LogP contribution in [0.2, 0.25) is 0 Å². The molecule has 2 N–H and O–H groups in total. The van der Waals surface area contributed by atoms with E-state index in [0.717, 1.165) is 40.9 Å². The average Bonchev–Trinajstić information content (AvgIpc) is 2.96. The Morgan fingerprint density at radius 3 is 2.88 bits per heavy atom. The van der Waals surface area contributed by atoms with Crippen molar-refractivity contribution in [1.82, 2.24) is 5.32 Å². The van der Waals surface area contributed by atoms with Crippen molar-refractivity contribution in [3.05, 3.63) is 22.2 Å². The van der Waals surface area contributed by atoms with Gasteiger partial charge in [-0.15, -0.1) is 0 Å². The minimum Gasteiger partial charge on any atom is -0.454 e. The molecule has 1 saturated carbocycles. The Labute approximate surface area is 108 Å². The van der Waals surface area contributed by atoms with Gasteiger partial charge < -0.3 is 19.9 Å². The van der Waals surface area contributed by atoms with Gasteiger partial charge in [-0.3, -0.25) is 0 Å². The lowest BCUT2D eigenvalue weighted by molar-refractivity contribution is 0.173. The summed E-state index contributed by atoms with van der Waals surface area (Å²) in [4.78, 5) is 0. The van der Waals surface area contributed by atoms with Crippen LogP contribution in [0, 0.1) is 0 Å². The zero-order valence-electron chi connectivity index (χ0n) is 9.33. The normalized spacial score (nSPS) is 19.4. The topological polar surface area (TPSA) is 50.7 Å². The Hall–Kier alpha value is -0.780. The number of ether oxygens (including phenoxy) is 2. The van der Waals surface area contributed by atoms with Crippen LogP contribution in [-0.4, -0.2) is 24.0 Å². The number of nitrogens with one attached hydrogen (secondary N) is 1. The molecule has 1 aromatic rings. The van der Waals surface area contributed by atoms with Gasteiger partial charge in [0, 0.05) is 12.1 Å². The summed E-state index contributed by atoms with van der Waals surface area (Å²) in [7, 11) is 0. The summed E-state index contributed by atoms with van der Waals surface area (Å²) in [6.07, 6.45) is 2.10. The third-order valence-electron chi connectivity index (χ3n) is 3.31. The number of rotatable bonds is 4. The van der Waals surface area contributed by atoms with E-state index in [9.17, 15) is 5.11 Å². The Kier molecular flexibility index (Phi) is 2.77. The van der Waals surface area contributed by atoms with Crippen molar-refractivity contribution in [2.24, 2.45) is 0 Å². The second-order valence-electron chi connectivity index (χ2n) is 4.60. The van der Waals surface area contributed by atoms with Crippen molar-refractivity contribution in [3.63, 3.8) is 0 Å². The first-order valence-electron chi connectivity index (χ1n) is 5.66. The van der Waals surface area contributed by atoms with Gasteiger partial charge in [0.25, 0.3) is 0 Å². The molecule has 0 amide bonds. The summed E-state index contributed by atoms with van der Waals surface area (Å²) in [5.74, 6) is 1.56. The molecule has 0 saturated heterocycles. The van der Waals surface area contributed by atoms with Gasteiger partial charge in [-0.2, -0.15) is 0 Å². The summed E-state index contributed by atoms with van der Waals surface area (Å²) >= 11 is 3.47. The summed E-state index contributed by atoms with van der Waals surface area (Å²) in [6.45, 7) is 1.22. The molecule has 1 aliphatic carbocycles. The molecule has 0 spiro atoms. The minimum atomic E-state index is -0.0388. The van der Waals surface area contributed by atoms with Crippen molar-refractivity contribution in [3.8, 4) is 11.5 Å². The first kappa shape index (κ1) is 11.3. The number of aliphatic hydroxyl groups is 1. The van der Waals surface area contributed by atoms with Crippen LogP contribution in [0.4, 0.5) is 0 Å². The van der Waals surface area contributed by atoms with E-state index in [0.29, 0.717) is 0 Å². The largest absolute Gasteiger partial charge is 0.454 e. The molecule has 1 aliphatic heterocycles. The number of fused-ring (bicyclic) bond motifs is 1. The lowest BCUT2D eigenvalue weighted by atomic mass is 10.2. The minimum absolute atomic E-state index is 0.0388. The van der Waals surface area contributed by atoms with Crippen LogP contribution in [0.25, 0.3) is 0 Å². The van der Waals surface area contributed by atoms with Crippen molar-refractivity contribution in [2.75, 3.05) is 13.4 Å². The maximum absolute atomic E-state index is 9.23. The fraction of sp³-hybridized carbons (Fsp3) is 0.500. The molecular formula is C12H14BrNO3. The van der Waals surface area contributed by atoms with Gasteiger partial charge in [0.1, 0.15) is 0 Å². The summed E-state index contributed by atoms with van der Waals surface area (Å²) in [5.41, 5.74) is 1.09. The average molecular weight is 300 g/mol. The molecule has 1 aromatic carbocycles. The maximum atomic E-state index is 9.23. The SMILES string of the molecule is OCC1(NCc2cc(Br)c3c(c2)OCO3)CC1. The zero-order chi connectivity index (χ0) is 11.9. The van der Waals surface area contributed by atoms with Crippen LogP contribution in [0.1, 0.15) is 18.4 Å². The lowest BCUT2D eigenvalue weighted by Crippen LogP contribution is -2.34. The Morgan fingerprint density at radius 1 is 1.35 bits per heavy atom. The van der Waals surface area contributed by atoms with Gasteiger partial charge in [0.05, 0.1) is 11.1 Å². The fourth-order valence-corrected chi connectivity index (χ4v) is 2.56. The third-order valence-corrected chi connectivity index (χ3v) is 3.90. The van der Waals surface area contributed by atoms with Gasteiger partial charge in [0.2, 0.25) is 6.79 Å². The number of benzene rings is 1. The number of hydrogen-bond donors (Lipinski definition) is 2. The van der Waals surface area contributed by atoms with E-state index in [1.54, 1.807) is 0 Å². The van der Waals surface area contributed by atoms with Crippen LogP contribution in [0.3, 0.4) is 0 Å². The molecule has 0 unspecified atom stereocenters. The molecule has 0 radical (unpaired) electrons. The number of hydrogen-bond acceptors (Lipinski definition) is 4. The number of halogens is 1. The molecule has 4 nitrogen and oxygen atoms in total. The van der Waals surface area contributed by atoms with Crippen LogP contribution in [-0.2, 0) is 6.54 Å². The summed E-state index contributed by atoms with van der Waals surface area (Å²) in [6, 6.07) is 4.00. The smallest absolute Gasteiger partial charge is 0.231 e. The molecule has 92 valence electrons. The van der Waals surface area contributed by atoms with Crippen molar-refractivity contribution in [1.29, 1.82) is 0 Å². The van der Waals surface area contributed by atoms with Gasteiger partial charge in [-0.1, -0.05) is 0 Å². The molecule has 17 heavy (non-hydrogen) atoms. The van der Waals surface area contributed by atoms with Gasteiger partial charge >= 0.3 is 0 Å². The molecule has 1 heterocycles. The van der Waals surface area contributed by atoms with Crippen LogP contribution in [0.15, 0.2) is 16.6 Å². The van der Waals surface area contributed by atoms with E-state index in [4.69, 9.17) is 9.47 Å². The molecular weight excluding hydrogens is 286 g/mol. The molecule has 5 heteroatoms. The first-order chi connectivity index (χ1) is 8.22. The van der Waals surface area contributed by atoms with Gasteiger partial charge in [-0.25, -0.2) is 0 Å².